The van der Waals surface area contributed by atoms with Crippen molar-refractivity contribution >= 4 is 5.97 Å². The zero-order chi connectivity index (χ0) is 24.2. The van der Waals surface area contributed by atoms with E-state index in [1.165, 1.54) is 38.5 Å². The van der Waals surface area contributed by atoms with Crippen LogP contribution in [0.15, 0.2) is 0 Å². The van der Waals surface area contributed by atoms with E-state index in [-0.39, 0.29) is 17.8 Å². The van der Waals surface area contributed by atoms with Crippen molar-refractivity contribution in [2.45, 2.75) is 123 Å². The van der Waals surface area contributed by atoms with E-state index in [0.29, 0.717) is 30.1 Å². The lowest BCUT2D eigenvalue weighted by Gasteiger charge is -2.65. The van der Waals surface area contributed by atoms with Gasteiger partial charge in [0.15, 0.2) is 0 Å². The van der Waals surface area contributed by atoms with Crippen LogP contribution < -0.4 is 0 Å². The van der Waals surface area contributed by atoms with Gasteiger partial charge in [-0.2, -0.15) is 0 Å². The molecular weight excluding hydrogens is 412 g/mol. The van der Waals surface area contributed by atoms with Gasteiger partial charge in [0.1, 0.15) is 0 Å². The predicted octanol–water partition coefficient (Wildman–Crippen LogP) is 6.28. The number of aliphatic hydroxyl groups is 2. The van der Waals surface area contributed by atoms with Gasteiger partial charge in [0.25, 0.3) is 0 Å². The summed E-state index contributed by atoms with van der Waals surface area (Å²) in [6.07, 6.45) is 11.3. The fraction of sp³-hybridized carbons (Fsp3) is 0.966. The highest BCUT2D eigenvalue weighted by Crippen LogP contribution is 2.69. The topological polar surface area (TPSA) is 77.8 Å². The molecule has 0 aromatic rings. The van der Waals surface area contributed by atoms with Gasteiger partial charge >= 0.3 is 5.97 Å². The van der Waals surface area contributed by atoms with E-state index in [1.807, 2.05) is 0 Å². The van der Waals surface area contributed by atoms with Crippen molar-refractivity contribution in [1.29, 1.82) is 0 Å². The maximum absolute atomic E-state index is 11.8. The molecule has 190 valence electrons. The van der Waals surface area contributed by atoms with Crippen LogP contribution in [0.4, 0.5) is 0 Å². The molecule has 0 spiro atoms. The van der Waals surface area contributed by atoms with E-state index in [2.05, 4.69) is 34.6 Å². The largest absolute Gasteiger partial charge is 0.481 e. The van der Waals surface area contributed by atoms with Gasteiger partial charge in [-0.05, 0) is 97.2 Å². The number of carboxylic acid groups (broad SMARTS) is 1. The van der Waals surface area contributed by atoms with Gasteiger partial charge in [-0.3, -0.25) is 4.79 Å². The number of fused-ring (bicyclic) bond motifs is 5. The molecule has 4 nitrogen and oxygen atoms in total. The third kappa shape index (κ3) is 4.30. The minimum Gasteiger partial charge on any atom is -0.481 e. The number of aliphatic carboxylic acids is 1. The molecule has 10 atom stereocenters. The fourth-order valence-electron chi connectivity index (χ4n) is 9.84. The van der Waals surface area contributed by atoms with Crippen LogP contribution in [-0.2, 0) is 4.79 Å². The van der Waals surface area contributed by atoms with Gasteiger partial charge in [0, 0.05) is 6.42 Å². The van der Waals surface area contributed by atoms with Gasteiger partial charge < -0.3 is 15.3 Å². The molecule has 3 N–H and O–H groups in total. The molecule has 0 radical (unpaired) electrons. The van der Waals surface area contributed by atoms with E-state index in [4.69, 9.17) is 0 Å². The molecule has 4 heteroatoms. The van der Waals surface area contributed by atoms with Gasteiger partial charge in [-0.25, -0.2) is 0 Å². The number of hydrogen-bond acceptors (Lipinski definition) is 3. The van der Waals surface area contributed by atoms with Crippen molar-refractivity contribution in [1.82, 2.24) is 0 Å². The van der Waals surface area contributed by atoms with Gasteiger partial charge in [-0.15, -0.1) is 0 Å². The third-order valence-electron chi connectivity index (χ3n) is 11.6. The van der Waals surface area contributed by atoms with Crippen molar-refractivity contribution in [2.75, 3.05) is 0 Å². The van der Waals surface area contributed by atoms with Crippen molar-refractivity contribution < 1.29 is 20.1 Å². The highest BCUT2D eigenvalue weighted by molar-refractivity contribution is 5.67. The van der Waals surface area contributed by atoms with Crippen LogP contribution in [0.1, 0.15) is 112 Å². The molecule has 0 heterocycles. The lowest BCUT2D eigenvalue weighted by Crippen LogP contribution is -2.64. The lowest BCUT2D eigenvalue weighted by molar-refractivity contribution is -0.233. The second-order valence-corrected chi connectivity index (χ2v) is 13.7. The Bertz CT molecular complexity index is 720. The summed E-state index contributed by atoms with van der Waals surface area (Å²) < 4.78 is 0. The van der Waals surface area contributed by atoms with Crippen LogP contribution in [0.5, 0.6) is 0 Å². The molecule has 0 amide bonds. The van der Waals surface area contributed by atoms with Crippen molar-refractivity contribution in [2.24, 2.45) is 52.3 Å². The molecular formula is C29H50O4. The standard InChI is InChI=1S/C29H50O4/c1-18(2)7-6-8-19(3)22-9-10-23-21-11-14-29(33)17-25(30)20(15-26(31)32)16-28(29,5)24(21)12-13-27(22,23)4/h18-25,30,33H,6-17H2,1-5H3,(H,31,32)/t19-,20+,21+,22-,23+,24+,25+,27-,28-,29-/m1/s1. The summed E-state index contributed by atoms with van der Waals surface area (Å²) in [5, 5.41) is 31.9. The Morgan fingerprint density at radius 1 is 0.970 bits per heavy atom. The maximum Gasteiger partial charge on any atom is 0.303 e. The SMILES string of the molecule is CC(C)CCC[C@@H](C)[C@H]1CC[C@H]2[C@@H]3CC[C@@]4(O)C[C@H](O)[C@@H](CC(=O)O)C[C@]4(C)[C@H]3CC[C@]12C. The average Bonchev–Trinajstić information content (AvgIpc) is 3.06. The monoisotopic (exact) mass is 462 g/mol. The molecule has 33 heavy (non-hydrogen) atoms. The Morgan fingerprint density at radius 3 is 2.36 bits per heavy atom. The first kappa shape index (κ1) is 25.5. The first-order chi connectivity index (χ1) is 15.4. The van der Waals surface area contributed by atoms with Crippen LogP contribution in [0.2, 0.25) is 0 Å². The number of aliphatic hydroxyl groups excluding tert-OH is 1. The lowest BCUT2D eigenvalue weighted by atomic mass is 9.42. The summed E-state index contributed by atoms with van der Waals surface area (Å²) in [6.45, 7) is 12.0. The Labute approximate surface area is 201 Å². The minimum absolute atomic E-state index is 0.0152. The van der Waals surface area contributed by atoms with Crippen LogP contribution in [0.25, 0.3) is 0 Å². The molecule has 0 aliphatic heterocycles. The van der Waals surface area contributed by atoms with Crippen molar-refractivity contribution in [3.63, 3.8) is 0 Å². The molecule has 0 saturated heterocycles. The van der Waals surface area contributed by atoms with Gasteiger partial charge in [-0.1, -0.05) is 53.9 Å². The first-order valence-electron chi connectivity index (χ1n) is 14.0. The van der Waals surface area contributed by atoms with Gasteiger partial charge in [0.05, 0.1) is 18.1 Å². The zero-order valence-corrected chi connectivity index (χ0v) is 21.9. The second-order valence-electron chi connectivity index (χ2n) is 13.7. The van der Waals surface area contributed by atoms with Crippen LogP contribution >= 0.6 is 0 Å². The van der Waals surface area contributed by atoms with E-state index >= 15 is 0 Å². The summed E-state index contributed by atoms with van der Waals surface area (Å²) >= 11 is 0. The molecule has 0 aromatic carbocycles. The highest BCUT2D eigenvalue weighted by Gasteiger charge is 2.65. The average molecular weight is 463 g/mol. The second kappa shape index (κ2) is 9.12. The van der Waals surface area contributed by atoms with Crippen molar-refractivity contribution in [3.8, 4) is 0 Å². The third-order valence-corrected chi connectivity index (χ3v) is 11.6. The summed E-state index contributed by atoms with van der Waals surface area (Å²) in [5.74, 6) is 3.16. The molecule has 4 aliphatic rings. The number of hydrogen-bond donors (Lipinski definition) is 3. The van der Waals surface area contributed by atoms with Crippen molar-refractivity contribution in [3.05, 3.63) is 0 Å². The Balaban J connectivity index is 1.52. The predicted molar refractivity (Wildman–Crippen MR) is 132 cm³/mol. The van der Waals surface area contributed by atoms with E-state index in [1.54, 1.807) is 0 Å². The minimum atomic E-state index is -0.849. The number of carbonyl (C=O) groups is 1. The molecule has 4 saturated carbocycles. The van der Waals surface area contributed by atoms with Crippen LogP contribution in [-0.4, -0.2) is 33.0 Å². The van der Waals surface area contributed by atoms with E-state index in [9.17, 15) is 20.1 Å². The van der Waals surface area contributed by atoms with Gasteiger partial charge in [0.2, 0.25) is 0 Å². The normalized spacial score (nSPS) is 48.1. The molecule has 4 aliphatic carbocycles. The smallest absolute Gasteiger partial charge is 0.303 e. The van der Waals surface area contributed by atoms with E-state index in [0.717, 1.165) is 42.9 Å². The molecule has 4 fully saturated rings. The Kier molecular flexibility index (Phi) is 7.04. The fourth-order valence-corrected chi connectivity index (χ4v) is 9.84. The Hall–Kier alpha value is -0.610. The molecule has 0 aromatic heterocycles. The molecule has 0 unspecified atom stereocenters. The zero-order valence-electron chi connectivity index (χ0n) is 21.9. The highest BCUT2D eigenvalue weighted by atomic mass is 16.4. The number of carboxylic acids is 1. The summed E-state index contributed by atoms with van der Waals surface area (Å²) in [7, 11) is 0. The maximum atomic E-state index is 11.8. The summed E-state index contributed by atoms with van der Waals surface area (Å²) in [4.78, 5) is 11.5. The van der Waals surface area contributed by atoms with E-state index < -0.39 is 17.7 Å². The van der Waals surface area contributed by atoms with Crippen LogP contribution in [0.3, 0.4) is 0 Å². The molecule has 4 rings (SSSR count). The number of rotatable bonds is 7. The Morgan fingerprint density at radius 2 is 1.70 bits per heavy atom. The summed E-state index contributed by atoms with van der Waals surface area (Å²) in [6, 6.07) is 0. The first-order valence-corrected chi connectivity index (χ1v) is 14.0. The summed E-state index contributed by atoms with van der Waals surface area (Å²) in [5.41, 5.74) is -0.713. The van der Waals surface area contributed by atoms with Crippen LogP contribution in [0, 0.1) is 52.3 Å². The molecule has 0 bridgehead atoms. The quantitative estimate of drug-likeness (QED) is 0.416.